The van der Waals surface area contributed by atoms with Gasteiger partial charge in [-0.2, -0.15) is 0 Å². The predicted octanol–water partition coefficient (Wildman–Crippen LogP) is 3.79. The number of hydrogen-bond donors (Lipinski definition) is 1. The summed E-state index contributed by atoms with van der Waals surface area (Å²) in [6, 6.07) is 8.67. The van der Waals surface area contributed by atoms with Crippen LogP contribution in [0.4, 0.5) is 5.82 Å². The summed E-state index contributed by atoms with van der Waals surface area (Å²) >= 11 is 2.29. The lowest BCUT2D eigenvalue weighted by molar-refractivity contribution is 0.681. The lowest BCUT2D eigenvalue weighted by Gasteiger charge is -2.11. The van der Waals surface area contributed by atoms with Crippen LogP contribution in [0.1, 0.15) is 36.2 Å². The number of anilines is 1. The molecule has 0 aliphatic heterocycles. The Hall–Kier alpha value is -1.17. The average molecular weight is 379 g/mol. The van der Waals surface area contributed by atoms with Crippen LogP contribution in [0.25, 0.3) is 0 Å². The van der Waals surface area contributed by atoms with Gasteiger partial charge in [0, 0.05) is 18.7 Å². The van der Waals surface area contributed by atoms with Crippen molar-refractivity contribution in [1.29, 1.82) is 0 Å². The number of halogens is 1. The third-order valence-corrected chi connectivity index (χ3v) is 4.51. The highest BCUT2D eigenvalue weighted by Crippen LogP contribution is 2.32. The molecule has 104 valence electrons. The van der Waals surface area contributed by atoms with Crippen LogP contribution in [0.2, 0.25) is 0 Å². The quantitative estimate of drug-likeness (QED) is 0.822. The number of nitrogens with zero attached hydrogens (tertiary/aromatic N) is 2. The summed E-state index contributed by atoms with van der Waals surface area (Å²) in [7, 11) is 0. The first kappa shape index (κ1) is 13.8. The molecule has 3 rings (SSSR count). The van der Waals surface area contributed by atoms with E-state index in [2.05, 4.69) is 64.1 Å². The van der Waals surface area contributed by atoms with Crippen LogP contribution in [0.5, 0.6) is 0 Å². The van der Waals surface area contributed by atoms with Crippen molar-refractivity contribution in [2.75, 3.05) is 11.9 Å². The minimum atomic E-state index is 0.423. The Morgan fingerprint density at radius 2 is 1.95 bits per heavy atom. The summed E-state index contributed by atoms with van der Waals surface area (Å²) in [5, 5.41) is 3.39. The van der Waals surface area contributed by atoms with Crippen LogP contribution in [0.3, 0.4) is 0 Å². The summed E-state index contributed by atoms with van der Waals surface area (Å²) in [5.41, 5.74) is 2.89. The molecule has 0 saturated heterocycles. The minimum Gasteiger partial charge on any atom is -0.369 e. The molecule has 1 aromatic heterocycles. The van der Waals surface area contributed by atoms with E-state index in [0.29, 0.717) is 5.92 Å². The maximum Gasteiger partial charge on any atom is 0.143 e. The highest BCUT2D eigenvalue weighted by atomic mass is 127. The molecule has 0 saturated carbocycles. The molecule has 0 unspecified atom stereocenters. The van der Waals surface area contributed by atoms with Crippen LogP contribution < -0.4 is 5.32 Å². The van der Waals surface area contributed by atoms with Gasteiger partial charge in [0.25, 0.3) is 0 Å². The van der Waals surface area contributed by atoms with Crippen LogP contribution >= 0.6 is 22.6 Å². The second-order valence-electron chi connectivity index (χ2n) is 5.23. The van der Waals surface area contributed by atoms with Crippen LogP contribution in [0, 0.1) is 3.57 Å². The lowest BCUT2D eigenvalue weighted by atomic mass is 10.1. The average Bonchev–Trinajstić information content (AvgIpc) is 2.90. The zero-order chi connectivity index (χ0) is 13.9. The Kier molecular flexibility index (Phi) is 4.19. The number of rotatable bonds is 4. The van der Waals surface area contributed by atoms with Crippen LogP contribution in [0.15, 0.2) is 30.5 Å². The first-order chi connectivity index (χ1) is 9.78. The smallest absolute Gasteiger partial charge is 0.143 e. The Balaban J connectivity index is 1.82. The van der Waals surface area contributed by atoms with Gasteiger partial charge < -0.3 is 5.32 Å². The van der Waals surface area contributed by atoms with Gasteiger partial charge in [-0.25, -0.2) is 9.97 Å². The van der Waals surface area contributed by atoms with E-state index in [9.17, 15) is 0 Å². The molecule has 20 heavy (non-hydrogen) atoms. The topological polar surface area (TPSA) is 37.8 Å². The zero-order valence-electron chi connectivity index (χ0n) is 11.6. The van der Waals surface area contributed by atoms with E-state index in [1.165, 1.54) is 11.1 Å². The Morgan fingerprint density at radius 3 is 2.60 bits per heavy atom. The molecule has 3 nitrogen and oxygen atoms in total. The number of fused-ring (bicyclic) bond motifs is 1. The van der Waals surface area contributed by atoms with E-state index >= 15 is 0 Å². The second kappa shape index (κ2) is 6.08. The molecule has 0 radical (unpaired) electrons. The lowest BCUT2D eigenvalue weighted by Crippen LogP contribution is -2.10. The summed E-state index contributed by atoms with van der Waals surface area (Å²) in [5.74, 6) is 2.38. The molecule has 4 heteroatoms. The van der Waals surface area contributed by atoms with Gasteiger partial charge in [0.05, 0.1) is 3.57 Å². The van der Waals surface area contributed by atoms with Crippen molar-refractivity contribution in [2.24, 2.45) is 0 Å². The highest BCUT2D eigenvalue weighted by molar-refractivity contribution is 14.1. The van der Waals surface area contributed by atoms with E-state index in [0.717, 1.165) is 41.0 Å². The van der Waals surface area contributed by atoms with E-state index in [1.54, 1.807) is 0 Å². The number of nitrogens with one attached hydrogen (secondary N) is 1. The molecule has 1 aromatic carbocycles. The largest absolute Gasteiger partial charge is 0.369 e. The zero-order valence-corrected chi connectivity index (χ0v) is 13.7. The standard InChI is InChI=1S/C16H18IN3/c1-2-7-18-16-14(17)10-19-15(20-16)13-8-11-5-3-4-6-12(11)9-13/h3-6,10,13H,2,7-9H2,1H3,(H,18,19,20). The van der Waals surface area contributed by atoms with Crippen LogP contribution in [-0.4, -0.2) is 16.5 Å². The number of hydrogen-bond acceptors (Lipinski definition) is 3. The van der Waals surface area contributed by atoms with Gasteiger partial charge in [-0.05, 0) is 53.0 Å². The normalized spacial score (nSPS) is 14.3. The van der Waals surface area contributed by atoms with E-state index in [-0.39, 0.29) is 0 Å². The van der Waals surface area contributed by atoms with Crippen LogP contribution in [-0.2, 0) is 12.8 Å². The summed E-state index contributed by atoms with van der Waals surface area (Å²) < 4.78 is 1.09. The molecule has 0 spiro atoms. The van der Waals surface area contributed by atoms with Crippen molar-refractivity contribution >= 4 is 28.4 Å². The molecule has 2 aromatic rings. The number of aromatic nitrogens is 2. The maximum absolute atomic E-state index is 4.75. The third-order valence-electron chi connectivity index (χ3n) is 3.72. The fourth-order valence-corrected chi connectivity index (χ4v) is 3.14. The second-order valence-corrected chi connectivity index (χ2v) is 6.39. The van der Waals surface area contributed by atoms with Gasteiger partial charge in [0.2, 0.25) is 0 Å². The van der Waals surface area contributed by atoms with E-state index in [1.807, 2.05) is 6.20 Å². The molecule has 1 aliphatic rings. The molecule has 0 fully saturated rings. The molecule has 1 heterocycles. The summed E-state index contributed by atoms with van der Waals surface area (Å²) in [6.45, 7) is 3.12. The minimum absolute atomic E-state index is 0.423. The van der Waals surface area contributed by atoms with Gasteiger partial charge in [0.1, 0.15) is 11.6 Å². The molecule has 0 atom stereocenters. The maximum atomic E-state index is 4.75. The fourth-order valence-electron chi connectivity index (χ4n) is 2.69. The SMILES string of the molecule is CCCNc1nc(C2Cc3ccccc3C2)ncc1I. The van der Waals surface area contributed by atoms with Gasteiger partial charge in [-0.3, -0.25) is 0 Å². The van der Waals surface area contributed by atoms with Gasteiger partial charge >= 0.3 is 0 Å². The summed E-state index contributed by atoms with van der Waals surface area (Å²) in [6.07, 6.45) is 5.15. The highest BCUT2D eigenvalue weighted by Gasteiger charge is 2.25. The van der Waals surface area contributed by atoms with Crippen molar-refractivity contribution in [3.63, 3.8) is 0 Å². The molecule has 1 aliphatic carbocycles. The van der Waals surface area contributed by atoms with Crippen molar-refractivity contribution < 1.29 is 0 Å². The van der Waals surface area contributed by atoms with Crippen molar-refractivity contribution in [3.05, 3.63) is 51.0 Å². The van der Waals surface area contributed by atoms with E-state index in [4.69, 9.17) is 4.98 Å². The number of benzene rings is 1. The van der Waals surface area contributed by atoms with Gasteiger partial charge in [-0.15, -0.1) is 0 Å². The fraction of sp³-hybridized carbons (Fsp3) is 0.375. The van der Waals surface area contributed by atoms with Crippen molar-refractivity contribution in [1.82, 2.24) is 9.97 Å². The molecular weight excluding hydrogens is 361 g/mol. The van der Waals surface area contributed by atoms with E-state index < -0.39 is 0 Å². The van der Waals surface area contributed by atoms with Gasteiger partial charge in [0.15, 0.2) is 0 Å². The van der Waals surface area contributed by atoms with Crippen molar-refractivity contribution in [3.8, 4) is 0 Å². The summed E-state index contributed by atoms with van der Waals surface area (Å²) in [4.78, 5) is 9.30. The van der Waals surface area contributed by atoms with Crippen molar-refractivity contribution in [2.45, 2.75) is 32.1 Å². The Labute approximate surface area is 133 Å². The van der Waals surface area contributed by atoms with Gasteiger partial charge in [-0.1, -0.05) is 31.2 Å². The predicted molar refractivity (Wildman–Crippen MR) is 90.1 cm³/mol. The molecule has 0 amide bonds. The molecular formula is C16H18IN3. The Bertz CT molecular complexity index is 587. The first-order valence-corrected chi connectivity index (χ1v) is 8.19. The third kappa shape index (κ3) is 2.80. The molecule has 0 bridgehead atoms. The monoisotopic (exact) mass is 379 g/mol. The first-order valence-electron chi connectivity index (χ1n) is 7.11. The molecule has 1 N–H and O–H groups in total. The Morgan fingerprint density at radius 1 is 1.25 bits per heavy atom.